The minimum Gasteiger partial charge on any atom is -0.422 e. The summed E-state index contributed by atoms with van der Waals surface area (Å²) in [5.74, 6) is -0.701. The van der Waals surface area contributed by atoms with Crippen LogP contribution in [-0.4, -0.2) is 17.1 Å². The van der Waals surface area contributed by atoms with Crippen molar-refractivity contribution in [1.29, 1.82) is 10.5 Å². The maximum absolute atomic E-state index is 13.5. The lowest BCUT2D eigenvalue weighted by Gasteiger charge is -2.08. The Labute approximate surface area is 252 Å². The normalized spacial score (nSPS) is 11.7. The number of hydrogen-bond acceptors (Lipinski definition) is 10. The zero-order valence-electron chi connectivity index (χ0n) is 22.1. The van der Waals surface area contributed by atoms with Gasteiger partial charge in [-0.25, -0.2) is 9.78 Å². The molecule has 0 unspecified atom stereocenters. The molecule has 6 rings (SSSR count). The molecule has 9 nitrogen and oxygen atoms in total. The average Bonchev–Trinajstić information content (AvgIpc) is 3.58. The maximum Gasteiger partial charge on any atom is 0.346 e. The predicted octanol–water partition coefficient (Wildman–Crippen LogP) is 7.02. The van der Waals surface area contributed by atoms with E-state index in [1.54, 1.807) is 42.5 Å². The van der Waals surface area contributed by atoms with Crippen LogP contribution in [0.4, 0.5) is 10.7 Å². The summed E-state index contributed by atoms with van der Waals surface area (Å²) in [7, 11) is 0. The van der Waals surface area contributed by atoms with Crippen molar-refractivity contribution in [3.8, 4) is 22.7 Å². The quantitative estimate of drug-likeness (QED) is 0.0661. The molecule has 3 aromatic heterocycles. The van der Waals surface area contributed by atoms with Crippen molar-refractivity contribution in [1.82, 2.24) is 4.98 Å². The number of anilines is 2. The van der Waals surface area contributed by atoms with Crippen LogP contribution >= 0.6 is 22.7 Å². The monoisotopic (exact) mass is 598 g/mol. The van der Waals surface area contributed by atoms with Gasteiger partial charge in [0.15, 0.2) is 0 Å². The Morgan fingerprint density at radius 1 is 0.953 bits per heavy atom. The van der Waals surface area contributed by atoms with Gasteiger partial charge in [0.25, 0.3) is 5.91 Å². The number of carbonyl (C=O) groups is 1. The smallest absolute Gasteiger partial charge is 0.346 e. The lowest BCUT2D eigenvalue weighted by Crippen LogP contribution is -2.15. The summed E-state index contributed by atoms with van der Waals surface area (Å²) in [4.78, 5) is 30.7. The number of rotatable bonds is 7. The molecular weight excluding hydrogens is 581 g/mol. The van der Waals surface area contributed by atoms with Crippen LogP contribution in [0.1, 0.15) is 11.1 Å². The third-order valence-corrected chi connectivity index (χ3v) is 8.59. The van der Waals surface area contributed by atoms with Gasteiger partial charge in [0.1, 0.15) is 48.4 Å². The number of thiazole rings is 1. The number of hydrogen-bond donors (Lipinski definition) is 2. The van der Waals surface area contributed by atoms with E-state index in [4.69, 9.17) is 4.42 Å². The molecule has 0 fully saturated rings. The number of amides is 1. The van der Waals surface area contributed by atoms with Gasteiger partial charge in [-0.05, 0) is 29.8 Å². The van der Waals surface area contributed by atoms with Gasteiger partial charge in [-0.1, -0.05) is 66.7 Å². The third kappa shape index (κ3) is 5.54. The van der Waals surface area contributed by atoms with Gasteiger partial charge in [0, 0.05) is 11.0 Å². The molecule has 3 heterocycles. The second kappa shape index (κ2) is 11.9. The SMILES string of the molecule is N#C/C(C(=O)Nc1sc2sc(-c3cc4ccccc4oc3=O)nc2c1C#N)=C(\C=N\Nc1ccccc1)c1ccccc1. The fraction of sp³-hybridized carbons (Fsp3) is 0. The Kier molecular flexibility index (Phi) is 7.57. The second-order valence-corrected chi connectivity index (χ2v) is 11.3. The standard InChI is InChI=1S/C32H18N6O3S2/c33-16-23(25(19-9-3-1-4-10-19)18-35-38-21-12-5-2-6-13-21)28(39)37-30-24(17-34)27-32(43-30)42-29(36-27)22-15-20-11-7-8-14-26(20)41-31(22)40/h1-15,18,38H,(H,37,39)/b25-23-,35-18+. The van der Waals surface area contributed by atoms with Crippen molar-refractivity contribution < 1.29 is 9.21 Å². The minimum absolute atomic E-state index is 0.138. The lowest BCUT2D eigenvalue weighted by molar-refractivity contribution is -0.112. The number of allylic oxidation sites excluding steroid dienone is 1. The number of carbonyl (C=O) groups excluding carboxylic acids is 1. The highest BCUT2D eigenvalue weighted by atomic mass is 32.2. The molecule has 0 atom stereocenters. The molecule has 0 aliphatic heterocycles. The molecule has 0 bridgehead atoms. The van der Waals surface area contributed by atoms with Crippen LogP contribution in [0.15, 0.2) is 111 Å². The largest absolute Gasteiger partial charge is 0.422 e. The van der Waals surface area contributed by atoms with Crippen LogP contribution in [0.3, 0.4) is 0 Å². The van der Waals surface area contributed by atoms with Gasteiger partial charge in [-0.3, -0.25) is 10.2 Å². The fourth-order valence-electron chi connectivity index (χ4n) is 4.29. The molecule has 2 N–H and O–H groups in total. The highest BCUT2D eigenvalue weighted by Gasteiger charge is 2.23. The Balaban J connectivity index is 1.34. The molecule has 6 aromatic rings. The first kappa shape index (κ1) is 27.3. The van der Waals surface area contributed by atoms with Crippen molar-refractivity contribution in [2.75, 3.05) is 10.7 Å². The minimum atomic E-state index is -0.701. The molecule has 0 aliphatic carbocycles. The Morgan fingerprint density at radius 2 is 1.67 bits per heavy atom. The van der Waals surface area contributed by atoms with Crippen LogP contribution < -0.4 is 16.4 Å². The number of aromatic nitrogens is 1. The molecule has 206 valence electrons. The van der Waals surface area contributed by atoms with E-state index >= 15 is 0 Å². The summed E-state index contributed by atoms with van der Waals surface area (Å²) in [6.07, 6.45) is 1.42. The molecule has 11 heteroatoms. The molecule has 1 amide bonds. The van der Waals surface area contributed by atoms with Gasteiger partial charge >= 0.3 is 5.63 Å². The highest BCUT2D eigenvalue weighted by molar-refractivity contribution is 7.41. The third-order valence-electron chi connectivity index (χ3n) is 6.32. The summed E-state index contributed by atoms with van der Waals surface area (Å²) in [6.45, 7) is 0. The van der Waals surface area contributed by atoms with Crippen LogP contribution in [0.25, 0.3) is 36.6 Å². The lowest BCUT2D eigenvalue weighted by atomic mass is 10.0. The Hall–Kier alpha value is -5.88. The highest BCUT2D eigenvalue weighted by Crippen LogP contribution is 2.41. The van der Waals surface area contributed by atoms with Crippen LogP contribution in [0, 0.1) is 22.7 Å². The summed E-state index contributed by atoms with van der Waals surface area (Å²) in [6, 6.07) is 31.2. The average molecular weight is 599 g/mol. The first-order valence-corrected chi connectivity index (χ1v) is 14.4. The van der Waals surface area contributed by atoms with Crippen LogP contribution in [-0.2, 0) is 4.79 Å². The first-order valence-electron chi connectivity index (χ1n) is 12.8. The van der Waals surface area contributed by atoms with E-state index in [2.05, 4.69) is 26.9 Å². The van der Waals surface area contributed by atoms with E-state index in [-0.39, 0.29) is 21.7 Å². The van der Waals surface area contributed by atoms with E-state index in [1.807, 2.05) is 54.6 Å². The van der Waals surface area contributed by atoms with Crippen molar-refractivity contribution in [3.05, 3.63) is 118 Å². The molecule has 0 radical (unpaired) electrons. The zero-order valence-corrected chi connectivity index (χ0v) is 23.7. The number of benzene rings is 3. The van der Waals surface area contributed by atoms with Crippen LogP contribution in [0.5, 0.6) is 0 Å². The fourth-order valence-corrected chi connectivity index (χ4v) is 6.57. The summed E-state index contributed by atoms with van der Waals surface area (Å²) in [5.41, 5.74) is 5.06. The van der Waals surface area contributed by atoms with E-state index in [0.29, 0.717) is 31.3 Å². The maximum atomic E-state index is 13.5. The number of nitrogens with zero attached hydrogens (tertiary/aromatic N) is 4. The number of nitriles is 2. The zero-order chi connectivity index (χ0) is 29.8. The molecule has 43 heavy (non-hydrogen) atoms. The van der Waals surface area contributed by atoms with Gasteiger partial charge in [-0.15, -0.1) is 22.7 Å². The predicted molar refractivity (Wildman–Crippen MR) is 170 cm³/mol. The first-order chi connectivity index (χ1) is 21.1. The van der Waals surface area contributed by atoms with Crippen molar-refractivity contribution in [2.24, 2.45) is 5.10 Å². The van der Waals surface area contributed by atoms with E-state index < -0.39 is 11.5 Å². The molecule has 3 aromatic carbocycles. The second-order valence-electron chi connectivity index (χ2n) is 9.02. The van der Waals surface area contributed by atoms with E-state index in [0.717, 1.165) is 22.4 Å². The topological polar surface area (TPSA) is 144 Å². The number of para-hydroxylation sites is 2. The Bertz CT molecular complexity index is 2200. The van der Waals surface area contributed by atoms with Gasteiger partial charge in [0.2, 0.25) is 0 Å². The molecule has 0 saturated heterocycles. The van der Waals surface area contributed by atoms with Gasteiger partial charge < -0.3 is 9.73 Å². The van der Waals surface area contributed by atoms with E-state index in [1.165, 1.54) is 17.6 Å². The number of fused-ring (bicyclic) bond motifs is 2. The molecule has 0 spiro atoms. The van der Waals surface area contributed by atoms with Crippen molar-refractivity contribution >= 4 is 71.6 Å². The molecular formula is C32H18N6O3S2. The summed E-state index contributed by atoms with van der Waals surface area (Å²) < 4.78 is 6.08. The summed E-state index contributed by atoms with van der Waals surface area (Å²) in [5, 5.41) is 28.4. The van der Waals surface area contributed by atoms with Gasteiger partial charge in [-0.2, -0.15) is 15.6 Å². The van der Waals surface area contributed by atoms with Crippen LogP contribution in [0.2, 0.25) is 0 Å². The van der Waals surface area contributed by atoms with Crippen molar-refractivity contribution in [2.45, 2.75) is 0 Å². The number of thiophene rings is 1. The summed E-state index contributed by atoms with van der Waals surface area (Å²) >= 11 is 2.36. The molecule has 0 aliphatic rings. The Morgan fingerprint density at radius 3 is 2.42 bits per heavy atom. The molecule has 0 saturated carbocycles. The van der Waals surface area contributed by atoms with E-state index in [9.17, 15) is 20.1 Å². The van der Waals surface area contributed by atoms with Crippen molar-refractivity contribution in [3.63, 3.8) is 0 Å². The number of hydrazone groups is 1. The van der Waals surface area contributed by atoms with Gasteiger partial charge in [0.05, 0.1) is 17.5 Å². The number of nitrogens with one attached hydrogen (secondary N) is 2.